The maximum Gasteiger partial charge on any atom is 0.169 e. The first-order valence-corrected chi connectivity index (χ1v) is 8.23. The molecular weight excluding hydrogens is 316 g/mol. The van der Waals surface area contributed by atoms with Crippen molar-refractivity contribution < 1.29 is 9.53 Å². The Kier molecular flexibility index (Phi) is 5.25. The Bertz CT molecular complexity index is 500. The standard InChI is InChI=1S/C17H23BrO2/c1-11-10-14(18)12(2)15(17(11)20-3)16(19)13-8-6-4-5-7-9-13/h10,13H,4-9H2,1-3H3. The van der Waals surface area contributed by atoms with Gasteiger partial charge in [0, 0.05) is 10.4 Å². The van der Waals surface area contributed by atoms with Gasteiger partial charge >= 0.3 is 0 Å². The molecule has 0 aromatic heterocycles. The molecule has 20 heavy (non-hydrogen) atoms. The van der Waals surface area contributed by atoms with Crippen LogP contribution >= 0.6 is 15.9 Å². The highest BCUT2D eigenvalue weighted by molar-refractivity contribution is 9.10. The minimum Gasteiger partial charge on any atom is -0.496 e. The van der Waals surface area contributed by atoms with Gasteiger partial charge in [0.05, 0.1) is 12.7 Å². The lowest BCUT2D eigenvalue weighted by Crippen LogP contribution is -2.17. The number of benzene rings is 1. The van der Waals surface area contributed by atoms with Gasteiger partial charge in [-0.1, -0.05) is 41.6 Å². The van der Waals surface area contributed by atoms with E-state index in [4.69, 9.17) is 4.74 Å². The van der Waals surface area contributed by atoms with Crippen LogP contribution in [0.25, 0.3) is 0 Å². The van der Waals surface area contributed by atoms with Gasteiger partial charge in [-0.15, -0.1) is 0 Å². The Hall–Kier alpha value is -0.830. The fraction of sp³-hybridized carbons (Fsp3) is 0.588. The molecular formula is C17H23BrO2. The topological polar surface area (TPSA) is 26.3 Å². The number of carbonyl (C=O) groups is 1. The zero-order chi connectivity index (χ0) is 14.7. The van der Waals surface area contributed by atoms with Crippen LogP contribution in [-0.4, -0.2) is 12.9 Å². The molecule has 2 nitrogen and oxygen atoms in total. The fourth-order valence-corrected chi connectivity index (χ4v) is 3.70. The molecule has 1 fully saturated rings. The van der Waals surface area contributed by atoms with E-state index in [1.807, 2.05) is 19.9 Å². The third-order valence-electron chi connectivity index (χ3n) is 4.34. The summed E-state index contributed by atoms with van der Waals surface area (Å²) in [7, 11) is 1.65. The molecule has 2 rings (SSSR count). The zero-order valence-electron chi connectivity index (χ0n) is 12.6. The van der Waals surface area contributed by atoms with Gasteiger partial charge < -0.3 is 4.74 Å². The average molecular weight is 339 g/mol. The smallest absolute Gasteiger partial charge is 0.169 e. The number of Topliss-reactive ketones (excluding diaryl/α,β-unsaturated/α-hetero) is 1. The molecule has 0 unspecified atom stereocenters. The molecule has 1 saturated carbocycles. The maximum atomic E-state index is 13.0. The molecule has 0 aliphatic heterocycles. The molecule has 0 amide bonds. The maximum absolute atomic E-state index is 13.0. The predicted octanol–water partition coefficient (Wildman–Crippen LogP) is 5.23. The summed E-state index contributed by atoms with van der Waals surface area (Å²) >= 11 is 3.56. The predicted molar refractivity (Wildman–Crippen MR) is 85.7 cm³/mol. The van der Waals surface area contributed by atoms with Crippen molar-refractivity contribution in [3.05, 3.63) is 27.2 Å². The molecule has 0 bridgehead atoms. The van der Waals surface area contributed by atoms with E-state index in [-0.39, 0.29) is 11.7 Å². The average Bonchev–Trinajstić information content (AvgIpc) is 2.70. The zero-order valence-corrected chi connectivity index (χ0v) is 14.2. The van der Waals surface area contributed by atoms with Crippen LogP contribution in [0.15, 0.2) is 10.5 Å². The molecule has 110 valence electrons. The van der Waals surface area contributed by atoms with Crippen LogP contribution in [0, 0.1) is 19.8 Å². The lowest BCUT2D eigenvalue weighted by atomic mass is 9.87. The van der Waals surface area contributed by atoms with Crippen LogP contribution in [0.1, 0.15) is 60.0 Å². The highest BCUT2D eigenvalue weighted by Crippen LogP contribution is 2.36. The highest BCUT2D eigenvalue weighted by Gasteiger charge is 2.27. The van der Waals surface area contributed by atoms with Crippen molar-refractivity contribution in [1.29, 1.82) is 0 Å². The van der Waals surface area contributed by atoms with Crippen LogP contribution in [0.2, 0.25) is 0 Å². The lowest BCUT2D eigenvalue weighted by molar-refractivity contribution is 0.0904. The van der Waals surface area contributed by atoms with Crippen LogP contribution in [0.4, 0.5) is 0 Å². The molecule has 1 aliphatic carbocycles. The van der Waals surface area contributed by atoms with Gasteiger partial charge in [-0.25, -0.2) is 0 Å². The summed E-state index contributed by atoms with van der Waals surface area (Å²) in [5.41, 5.74) is 2.80. The summed E-state index contributed by atoms with van der Waals surface area (Å²) in [5, 5.41) is 0. The van der Waals surface area contributed by atoms with Crippen molar-refractivity contribution in [3.63, 3.8) is 0 Å². The molecule has 0 radical (unpaired) electrons. The second-order valence-electron chi connectivity index (χ2n) is 5.76. The Morgan fingerprint density at radius 3 is 2.35 bits per heavy atom. The number of ketones is 1. The molecule has 0 saturated heterocycles. The van der Waals surface area contributed by atoms with Crippen molar-refractivity contribution in [1.82, 2.24) is 0 Å². The number of halogens is 1. The molecule has 0 spiro atoms. The molecule has 0 N–H and O–H groups in total. The number of hydrogen-bond acceptors (Lipinski definition) is 2. The van der Waals surface area contributed by atoms with E-state index in [0.717, 1.165) is 39.8 Å². The van der Waals surface area contributed by atoms with E-state index in [1.165, 1.54) is 25.7 Å². The van der Waals surface area contributed by atoms with Gasteiger partial charge in [0.1, 0.15) is 5.75 Å². The first-order valence-electron chi connectivity index (χ1n) is 7.44. The van der Waals surface area contributed by atoms with Gasteiger partial charge in [-0.2, -0.15) is 0 Å². The largest absolute Gasteiger partial charge is 0.496 e. The summed E-state index contributed by atoms with van der Waals surface area (Å²) in [6.45, 7) is 3.99. The second kappa shape index (κ2) is 6.75. The number of methoxy groups -OCH3 is 1. The molecule has 3 heteroatoms. The van der Waals surface area contributed by atoms with E-state index >= 15 is 0 Å². The quantitative estimate of drug-likeness (QED) is 0.557. The van der Waals surface area contributed by atoms with Crippen molar-refractivity contribution in [2.24, 2.45) is 5.92 Å². The van der Waals surface area contributed by atoms with Crippen LogP contribution in [-0.2, 0) is 0 Å². The van der Waals surface area contributed by atoms with Gasteiger partial charge in [0.15, 0.2) is 5.78 Å². The summed E-state index contributed by atoms with van der Waals surface area (Å²) in [6.07, 6.45) is 6.91. The number of rotatable bonds is 3. The number of carbonyl (C=O) groups excluding carboxylic acids is 1. The van der Waals surface area contributed by atoms with Gasteiger partial charge in [0.2, 0.25) is 0 Å². The Balaban J connectivity index is 2.42. The number of aryl methyl sites for hydroxylation is 1. The van der Waals surface area contributed by atoms with Crippen LogP contribution in [0.3, 0.4) is 0 Å². The second-order valence-corrected chi connectivity index (χ2v) is 6.62. The SMILES string of the molecule is COc1c(C)cc(Br)c(C)c1C(=O)C1CCCCCC1. The fourth-order valence-electron chi connectivity index (χ4n) is 3.16. The summed E-state index contributed by atoms with van der Waals surface area (Å²) in [6, 6.07) is 2.03. The Morgan fingerprint density at radius 1 is 1.20 bits per heavy atom. The highest BCUT2D eigenvalue weighted by atomic mass is 79.9. The minimum atomic E-state index is 0.166. The summed E-state index contributed by atoms with van der Waals surface area (Å²) < 4.78 is 6.51. The molecule has 1 aromatic carbocycles. The molecule has 1 aliphatic rings. The first-order chi connectivity index (χ1) is 9.56. The third-order valence-corrected chi connectivity index (χ3v) is 5.16. The van der Waals surface area contributed by atoms with Gasteiger partial charge in [-0.05, 0) is 43.9 Å². The van der Waals surface area contributed by atoms with Gasteiger partial charge in [-0.3, -0.25) is 4.79 Å². The summed E-state index contributed by atoms with van der Waals surface area (Å²) in [4.78, 5) is 13.0. The van der Waals surface area contributed by atoms with Crippen LogP contribution in [0.5, 0.6) is 5.75 Å². The van der Waals surface area contributed by atoms with E-state index in [2.05, 4.69) is 15.9 Å². The van der Waals surface area contributed by atoms with Crippen molar-refractivity contribution in [2.75, 3.05) is 7.11 Å². The van der Waals surface area contributed by atoms with E-state index in [0.29, 0.717) is 0 Å². The number of ether oxygens (including phenoxy) is 1. The Morgan fingerprint density at radius 2 is 1.80 bits per heavy atom. The molecule has 1 aromatic rings. The van der Waals surface area contributed by atoms with E-state index in [1.54, 1.807) is 7.11 Å². The lowest BCUT2D eigenvalue weighted by Gasteiger charge is -2.19. The third kappa shape index (κ3) is 3.08. The van der Waals surface area contributed by atoms with Crippen molar-refractivity contribution >= 4 is 21.7 Å². The van der Waals surface area contributed by atoms with E-state index < -0.39 is 0 Å². The van der Waals surface area contributed by atoms with Crippen molar-refractivity contribution in [2.45, 2.75) is 52.4 Å². The van der Waals surface area contributed by atoms with E-state index in [9.17, 15) is 4.79 Å². The first kappa shape index (κ1) is 15.6. The normalized spacial score (nSPS) is 16.8. The van der Waals surface area contributed by atoms with Crippen molar-refractivity contribution in [3.8, 4) is 5.75 Å². The number of hydrogen-bond donors (Lipinski definition) is 0. The monoisotopic (exact) mass is 338 g/mol. The van der Waals surface area contributed by atoms with Gasteiger partial charge in [0.25, 0.3) is 0 Å². The Labute approximate surface area is 130 Å². The van der Waals surface area contributed by atoms with Crippen LogP contribution < -0.4 is 4.74 Å². The minimum absolute atomic E-state index is 0.166. The summed E-state index contributed by atoms with van der Waals surface area (Å²) in [5.74, 6) is 1.18. The molecule has 0 atom stereocenters. The molecule has 0 heterocycles.